The second-order valence-corrected chi connectivity index (χ2v) is 7.11. The highest BCUT2D eigenvalue weighted by Gasteiger charge is 2.18. The molecule has 0 spiro atoms. The van der Waals surface area contributed by atoms with Crippen LogP contribution < -0.4 is 10.6 Å². The predicted octanol–water partition coefficient (Wildman–Crippen LogP) is 2.32. The number of nitrogens with zero attached hydrogens (tertiary/aromatic N) is 4. The summed E-state index contributed by atoms with van der Waals surface area (Å²) in [5.74, 6) is 0.927. The third-order valence-corrected chi connectivity index (χ3v) is 4.95. The summed E-state index contributed by atoms with van der Waals surface area (Å²) >= 11 is 0. The smallest absolute Gasteiger partial charge is 0.191 e. The van der Waals surface area contributed by atoms with Gasteiger partial charge in [0, 0.05) is 44.5 Å². The van der Waals surface area contributed by atoms with Crippen LogP contribution >= 0.6 is 0 Å². The molecule has 25 heavy (non-hydrogen) atoms. The van der Waals surface area contributed by atoms with Gasteiger partial charge in [-0.1, -0.05) is 12.8 Å². The zero-order chi connectivity index (χ0) is 18.1. The van der Waals surface area contributed by atoms with E-state index in [4.69, 9.17) is 4.99 Å². The van der Waals surface area contributed by atoms with Gasteiger partial charge >= 0.3 is 0 Å². The highest BCUT2D eigenvalue weighted by molar-refractivity contribution is 5.79. The fraction of sp³-hybridized carbons (Fsp3) is 0.789. The Morgan fingerprint density at radius 3 is 2.72 bits per heavy atom. The van der Waals surface area contributed by atoms with E-state index in [2.05, 4.69) is 52.3 Å². The summed E-state index contributed by atoms with van der Waals surface area (Å²) in [7, 11) is 2.25. The molecule has 1 saturated carbocycles. The molecule has 6 heteroatoms. The van der Waals surface area contributed by atoms with Crippen LogP contribution in [0.1, 0.15) is 50.4 Å². The van der Waals surface area contributed by atoms with E-state index in [1.807, 2.05) is 6.92 Å². The van der Waals surface area contributed by atoms with Gasteiger partial charge in [-0.3, -0.25) is 9.67 Å². The molecule has 1 aromatic rings. The maximum Gasteiger partial charge on any atom is 0.191 e. The number of guanidine groups is 1. The molecule has 1 fully saturated rings. The molecule has 142 valence electrons. The van der Waals surface area contributed by atoms with Gasteiger partial charge in [0.15, 0.2) is 5.96 Å². The SMILES string of the molecule is CCNC(=NCCCn1nc(C)cc1C)NCCN(C)C1CCCC1. The first kappa shape index (κ1) is 19.8. The monoisotopic (exact) mass is 348 g/mol. The molecule has 0 radical (unpaired) electrons. The van der Waals surface area contributed by atoms with Crippen molar-refractivity contribution >= 4 is 5.96 Å². The van der Waals surface area contributed by atoms with Gasteiger partial charge in [-0.2, -0.15) is 5.10 Å². The van der Waals surface area contributed by atoms with Crippen LogP contribution in [0.5, 0.6) is 0 Å². The van der Waals surface area contributed by atoms with E-state index in [0.29, 0.717) is 0 Å². The van der Waals surface area contributed by atoms with E-state index < -0.39 is 0 Å². The van der Waals surface area contributed by atoms with Crippen LogP contribution in [0.15, 0.2) is 11.1 Å². The minimum atomic E-state index is 0.780. The Morgan fingerprint density at radius 1 is 1.32 bits per heavy atom. The molecule has 1 heterocycles. The highest BCUT2D eigenvalue weighted by atomic mass is 15.3. The van der Waals surface area contributed by atoms with E-state index in [-0.39, 0.29) is 0 Å². The standard InChI is InChI=1S/C19H36N6/c1-5-20-19(22-12-14-24(4)18-9-6-7-10-18)21-11-8-13-25-17(3)15-16(2)23-25/h15,18H,5-14H2,1-4H3,(H2,20,21,22). The quantitative estimate of drug-likeness (QED) is 0.408. The second-order valence-electron chi connectivity index (χ2n) is 7.11. The predicted molar refractivity (Wildman–Crippen MR) is 105 cm³/mol. The van der Waals surface area contributed by atoms with E-state index in [1.165, 1.54) is 31.4 Å². The van der Waals surface area contributed by atoms with Crippen molar-refractivity contribution in [1.82, 2.24) is 25.3 Å². The number of hydrogen-bond acceptors (Lipinski definition) is 3. The molecule has 1 aliphatic carbocycles. The minimum absolute atomic E-state index is 0.780. The minimum Gasteiger partial charge on any atom is -0.357 e. The fourth-order valence-corrected chi connectivity index (χ4v) is 3.53. The lowest BCUT2D eigenvalue weighted by atomic mass is 10.2. The van der Waals surface area contributed by atoms with Crippen LogP contribution in [-0.4, -0.2) is 59.9 Å². The van der Waals surface area contributed by atoms with Crippen LogP contribution in [0, 0.1) is 13.8 Å². The Balaban J connectivity index is 1.69. The number of likely N-dealkylation sites (N-methyl/N-ethyl adjacent to an activating group) is 1. The summed E-state index contributed by atoms with van der Waals surface area (Å²) in [5, 5.41) is 11.3. The zero-order valence-corrected chi connectivity index (χ0v) is 16.5. The van der Waals surface area contributed by atoms with Crippen molar-refractivity contribution in [2.24, 2.45) is 4.99 Å². The van der Waals surface area contributed by atoms with Crippen molar-refractivity contribution in [2.75, 3.05) is 33.2 Å². The third kappa shape index (κ3) is 6.69. The van der Waals surface area contributed by atoms with Gasteiger partial charge in [-0.05, 0) is 53.1 Å². The molecule has 1 aromatic heterocycles. The van der Waals surface area contributed by atoms with Gasteiger partial charge in [0.25, 0.3) is 0 Å². The van der Waals surface area contributed by atoms with Gasteiger partial charge in [-0.25, -0.2) is 0 Å². The van der Waals surface area contributed by atoms with Gasteiger partial charge in [0.05, 0.1) is 5.69 Å². The van der Waals surface area contributed by atoms with E-state index >= 15 is 0 Å². The van der Waals surface area contributed by atoms with Crippen LogP contribution in [0.3, 0.4) is 0 Å². The first-order valence-electron chi connectivity index (χ1n) is 9.83. The number of nitrogens with one attached hydrogen (secondary N) is 2. The molecule has 0 amide bonds. The normalized spacial score (nSPS) is 16.0. The fourth-order valence-electron chi connectivity index (χ4n) is 3.53. The van der Waals surface area contributed by atoms with Crippen molar-refractivity contribution in [3.8, 4) is 0 Å². The Labute approximate surface area is 153 Å². The Bertz CT molecular complexity index is 530. The molecule has 0 aromatic carbocycles. The molecular weight excluding hydrogens is 312 g/mol. The van der Waals surface area contributed by atoms with Crippen LogP contribution in [0.25, 0.3) is 0 Å². The van der Waals surface area contributed by atoms with Crippen molar-refractivity contribution in [3.63, 3.8) is 0 Å². The third-order valence-electron chi connectivity index (χ3n) is 4.95. The largest absolute Gasteiger partial charge is 0.357 e. The lowest BCUT2D eigenvalue weighted by Gasteiger charge is -2.24. The molecule has 6 nitrogen and oxygen atoms in total. The maximum absolute atomic E-state index is 4.69. The van der Waals surface area contributed by atoms with E-state index in [1.54, 1.807) is 0 Å². The van der Waals surface area contributed by atoms with Crippen molar-refractivity contribution < 1.29 is 0 Å². The summed E-state index contributed by atoms with van der Waals surface area (Å²) in [6, 6.07) is 2.90. The van der Waals surface area contributed by atoms with Crippen molar-refractivity contribution in [1.29, 1.82) is 0 Å². The molecule has 1 aliphatic rings. The zero-order valence-electron chi connectivity index (χ0n) is 16.5. The molecule has 2 rings (SSSR count). The number of aliphatic imine (C=N–C) groups is 1. The van der Waals surface area contributed by atoms with Gasteiger partial charge < -0.3 is 15.5 Å². The number of hydrogen-bond donors (Lipinski definition) is 2. The summed E-state index contributed by atoms with van der Waals surface area (Å²) < 4.78 is 2.07. The summed E-state index contributed by atoms with van der Waals surface area (Å²) in [6.45, 7) is 10.9. The molecular formula is C19H36N6. The average Bonchev–Trinajstić information content (AvgIpc) is 3.21. The van der Waals surface area contributed by atoms with Gasteiger partial charge in [0.1, 0.15) is 0 Å². The molecule has 0 atom stereocenters. The summed E-state index contributed by atoms with van der Waals surface area (Å²) in [5.41, 5.74) is 2.31. The van der Waals surface area contributed by atoms with Crippen molar-refractivity contribution in [2.45, 2.75) is 65.5 Å². The molecule has 0 unspecified atom stereocenters. The summed E-state index contributed by atoms with van der Waals surface area (Å²) in [4.78, 5) is 7.19. The molecule has 2 N–H and O–H groups in total. The maximum atomic E-state index is 4.69. The van der Waals surface area contributed by atoms with Crippen LogP contribution in [-0.2, 0) is 6.54 Å². The van der Waals surface area contributed by atoms with E-state index in [9.17, 15) is 0 Å². The Kier molecular flexibility index (Phi) is 8.25. The molecule has 0 saturated heterocycles. The van der Waals surface area contributed by atoms with E-state index in [0.717, 1.165) is 56.8 Å². The topological polar surface area (TPSA) is 57.5 Å². The molecule has 0 bridgehead atoms. The van der Waals surface area contributed by atoms with Crippen molar-refractivity contribution in [3.05, 3.63) is 17.5 Å². The molecule has 0 aliphatic heterocycles. The summed E-state index contributed by atoms with van der Waals surface area (Å²) in [6.07, 6.45) is 6.50. The van der Waals surface area contributed by atoms with Crippen LogP contribution in [0.4, 0.5) is 0 Å². The van der Waals surface area contributed by atoms with Gasteiger partial charge in [-0.15, -0.1) is 0 Å². The number of rotatable bonds is 9. The lowest BCUT2D eigenvalue weighted by molar-refractivity contribution is 0.249. The Hall–Kier alpha value is -1.56. The average molecular weight is 349 g/mol. The Morgan fingerprint density at radius 2 is 2.08 bits per heavy atom. The number of aromatic nitrogens is 2. The first-order valence-corrected chi connectivity index (χ1v) is 9.83. The van der Waals surface area contributed by atoms with Crippen LogP contribution in [0.2, 0.25) is 0 Å². The first-order chi connectivity index (χ1) is 12.1. The number of aryl methyl sites for hydroxylation is 3. The lowest BCUT2D eigenvalue weighted by Crippen LogP contribution is -2.42. The second kappa shape index (κ2) is 10.4. The highest BCUT2D eigenvalue weighted by Crippen LogP contribution is 2.21. The van der Waals surface area contributed by atoms with Gasteiger partial charge in [0.2, 0.25) is 0 Å².